The van der Waals surface area contributed by atoms with E-state index in [1.54, 1.807) is 12.1 Å². The van der Waals surface area contributed by atoms with E-state index < -0.39 is 23.9 Å². The van der Waals surface area contributed by atoms with E-state index in [0.717, 1.165) is 38.1 Å². The quantitative estimate of drug-likeness (QED) is 0.338. The highest BCUT2D eigenvalue weighted by atomic mass is 16.2. The van der Waals surface area contributed by atoms with Crippen LogP contribution in [0.4, 0.5) is 5.69 Å². The molecule has 0 bridgehead atoms. The number of nitrogens with zero attached hydrogens (tertiary/aromatic N) is 6. The van der Waals surface area contributed by atoms with Gasteiger partial charge in [-0.3, -0.25) is 19.4 Å². The summed E-state index contributed by atoms with van der Waals surface area (Å²) in [5.74, 6) is -1.22. The van der Waals surface area contributed by atoms with Gasteiger partial charge >= 0.3 is 0 Å². The molecule has 0 spiro atoms. The van der Waals surface area contributed by atoms with E-state index in [-0.39, 0.29) is 18.5 Å². The molecule has 1 fully saturated rings. The molecule has 9 heteroatoms. The third kappa shape index (κ3) is 4.17. The van der Waals surface area contributed by atoms with Crippen LogP contribution in [0.1, 0.15) is 29.2 Å². The van der Waals surface area contributed by atoms with Crippen molar-refractivity contribution in [1.29, 1.82) is 0 Å². The van der Waals surface area contributed by atoms with Gasteiger partial charge in [0.25, 0.3) is 17.7 Å². The van der Waals surface area contributed by atoms with E-state index in [2.05, 4.69) is 28.5 Å². The van der Waals surface area contributed by atoms with E-state index >= 15 is 0 Å². The van der Waals surface area contributed by atoms with Gasteiger partial charge in [0, 0.05) is 12.0 Å². The molecule has 4 aromatic rings. The van der Waals surface area contributed by atoms with Crippen molar-refractivity contribution in [2.75, 3.05) is 11.4 Å². The first-order valence-electron chi connectivity index (χ1n) is 13.5. The molecule has 9 nitrogen and oxygen atoms in total. The first-order valence-corrected chi connectivity index (χ1v) is 13.5. The second kappa shape index (κ2) is 9.78. The summed E-state index contributed by atoms with van der Waals surface area (Å²) in [6, 6.07) is 28.9. The fourth-order valence-corrected chi connectivity index (χ4v) is 5.83. The fourth-order valence-electron chi connectivity index (χ4n) is 5.83. The Kier molecular flexibility index (Phi) is 5.92. The maximum atomic E-state index is 13.9. The monoisotopic (exact) mass is 542 g/mol. The number of imide groups is 1. The smallest absolute Gasteiger partial charge is 0.264 e. The minimum atomic E-state index is -0.977. The van der Waals surface area contributed by atoms with E-state index in [1.165, 1.54) is 10.0 Å². The number of hydrazone groups is 1. The number of carbonyl (C=O) groups is 3. The average molecular weight is 543 g/mol. The largest absolute Gasteiger partial charge is 0.271 e. The summed E-state index contributed by atoms with van der Waals surface area (Å²) < 4.78 is 0. The van der Waals surface area contributed by atoms with Crippen molar-refractivity contribution in [3.8, 4) is 0 Å². The summed E-state index contributed by atoms with van der Waals surface area (Å²) in [5.41, 5.74) is 4.24. The minimum Gasteiger partial charge on any atom is -0.271 e. The van der Waals surface area contributed by atoms with Crippen molar-refractivity contribution in [3.63, 3.8) is 0 Å². The lowest BCUT2D eigenvalue weighted by Crippen LogP contribution is -2.44. The Morgan fingerprint density at radius 2 is 1.59 bits per heavy atom. The predicted molar refractivity (Wildman–Crippen MR) is 154 cm³/mol. The molecule has 7 rings (SSSR count). The lowest BCUT2D eigenvalue weighted by atomic mass is 9.95. The van der Waals surface area contributed by atoms with Crippen LogP contribution in [0.15, 0.2) is 113 Å². The number of hydrogen-bond donors (Lipinski definition) is 0. The standard InChI is InChI=1S/C32H26N6O3/c1-20-14-16-23(17-15-20)37-31(40)29-30(32(37)41)36(35-33-29)19-28(39)38-27(22-9-3-2-4-10-22)18-26(34-38)25-13-7-11-21-8-5-6-12-24(21)25/h2-17,27,29-30H,18-19H2,1H3/t27-,29+,30-/m0/s1. The molecule has 3 aliphatic rings. The molecule has 3 aliphatic heterocycles. The van der Waals surface area contributed by atoms with Crippen molar-refractivity contribution in [1.82, 2.24) is 10.0 Å². The van der Waals surface area contributed by atoms with Gasteiger partial charge in [-0.25, -0.2) is 9.91 Å². The Bertz CT molecular complexity index is 1750. The van der Waals surface area contributed by atoms with Gasteiger partial charge in [-0.1, -0.05) is 95.7 Å². The van der Waals surface area contributed by atoms with Gasteiger partial charge in [-0.05, 0) is 35.4 Å². The Hall–Kier alpha value is -5.18. The van der Waals surface area contributed by atoms with Crippen molar-refractivity contribution >= 4 is 39.9 Å². The van der Waals surface area contributed by atoms with Crippen LogP contribution in [0.25, 0.3) is 10.8 Å². The highest BCUT2D eigenvalue weighted by Crippen LogP contribution is 2.36. The molecular formula is C32H26N6O3. The first-order chi connectivity index (χ1) is 20.0. The number of fused-ring (bicyclic) bond motifs is 2. The van der Waals surface area contributed by atoms with Crippen LogP contribution in [0.5, 0.6) is 0 Å². The summed E-state index contributed by atoms with van der Waals surface area (Å²) in [5, 5.41) is 18.0. The van der Waals surface area contributed by atoms with Gasteiger partial charge in [-0.15, -0.1) is 0 Å². The second-order valence-electron chi connectivity index (χ2n) is 10.5. The van der Waals surface area contributed by atoms with E-state index in [4.69, 9.17) is 5.10 Å². The highest BCUT2D eigenvalue weighted by Gasteiger charge is 2.55. The van der Waals surface area contributed by atoms with Gasteiger partial charge in [-0.2, -0.15) is 10.2 Å². The molecule has 0 saturated carbocycles. The van der Waals surface area contributed by atoms with E-state index in [1.807, 2.05) is 73.7 Å². The molecule has 0 unspecified atom stereocenters. The lowest BCUT2D eigenvalue weighted by Gasteiger charge is -2.25. The van der Waals surface area contributed by atoms with Gasteiger partial charge < -0.3 is 0 Å². The topological polar surface area (TPSA) is 98.0 Å². The zero-order chi connectivity index (χ0) is 28.1. The van der Waals surface area contributed by atoms with Crippen molar-refractivity contribution in [3.05, 3.63) is 114 Å². The van der Waals surface area contributed by atoms with Crippen molar-refractivity contribution < 1.29 is 14.4 Å². The molecule has 41 heavy (non-hydrogen) atoms. The first kappa shape index (κ1) is 24.8. The Labute approximate surface area is 236 Å². The van der Waals surface area contributed by atoms with Gasteiger partial charge in [0.15, 0.2) is 12.1 Å². The van der Waals surface area contributed by atoms with Crippen LogP contribution < -0.4 is 4.90 Å². The zero-order valence-corrected chi connectivity index (χ0v) is 22.3. The number of carbonyl (C=O) groups excluding carboxylic acids is 3. The summed E-state index contributed by atoms with van der Waals surface area (Å²) in [4.78, 5) is 41.6. The molecule has 3 amide bonds. The number of anilines is 1. The second-order valence-corrected chi connectivity index (χ2v) is 10.5. The van der Waals surface area contributed by atoms with Crippen LogP contribution in [0.3, 0.4) is 0 Å². The Morgan fingerprint density at radius 3 is 2.39 bits per heavy atom. The maximum Gasteiger partial charge on any atom is 0.264 e. The maximum absolute atomic E-state index is 13.9. The molecule has 202 valence electrons. The van der Waals surface area contributed by atoms with Crippen LogP contribution in [-0.4, -0.2) is 52.1 Å². The predicted octanol–water partition coefficient (Wildman–Crippen LogP) is 4.82. The molecule has 0 aliphatic carbocycles. The summed E-state index contributed by atoms with van der Waals surface area (Å²) >= 11 is 0. The molecule has 1 saturated heterocycles. The number of aryl methyl sites for hydroxylation is 1. The number of hydrogen-bond acceptors (Lipinski definition) is 7. The van der Waals surface area contributed by atoms with Crippen LogP contribution in [0, 0.1) is 6.92 Å². The van der Waals surface area contributed by atoms with Gasteiger partial charge in [0.1, 0.15) is 6.54 Å². The molecular weight excluding hydrogens is 516 g/mol. The van der Waals surface area contributed by atoms with Crippen LogP contribution in [-0.2, 0) is 14.4 Å². The fraction of sp³-hybridized carbons (Fsp3) is 0.188. The Balaban J connectivity index is 1.18. The number of rotatable bonds is 5. The number of benzene rings is 4. The van der Waals surface area contributed by atoms with Gasteiger partial charge in [0.05, 0.1) is 17.4 Å². The normalized spacial score (nSPS) is 21.6. The van der Waals surface area contributed by atoms with Crippen LogP contribution in [0.2, 0.25) is 0 Å². The molecule has 0 N–H and O–H groups in total. The summed E-state index contributed by atoms with van der Waals surface area (Å²) in [7, 11) is 0. The number of amides is 3. The molecule has 0 radical (unpaired) electrons. The summed E-state index contributed by atoms with van der Waals surface area (Å²) in [6.07, 6.45) is 0.538. The van der Waals surface area contributed by atoms with Crippen LogP contribution >= 0.6 is 0 Å². The molecule has 4 aromatic carbocycles. The molecule has 0 aromatic heterocycles. The average Bonchev–Trinajstić information content (AvgIpc) is 3.69. The Morgan fingerprint density at radius 1 is 0.854 bits per heavy atom. The molecule has 3 atom stereocenters. The summed E-state index contributed by atoms with van der Waals surface area (Å²) in [6.45, 7) is 1.70. The third-order valence-corrected chi connectivity index (χ3v) is 7.90. The highest BCUT2D eigenvalue weighted by molar-refractivity contribution is 6.25. The minimum absolute atomic E-state index is 0.235. The molecule has 3 heterocycles. The zero-order valence-electron chi connectivity index (χ0n) is 22.3. The van der Waals surface area contributed by atoms with Crippen molar-refractivity contribution in [2.24, 2.45) is 15.4 Å². The third-order valence-electron chi connectivity index (χ3n) is 7.90. The SMILES string of the molecule is Cc1ccc(N2C(=O)[C@@H]3[C@@H](N=NN3CC(=O)N3N=C(c4cccc5ccccc45)C[C@H]3c3ccccc3)C2=O)cc1. The lowest BCUT2D eigenvalue weighted by molar-refractivity contribution is -0.135. The van der Waals surface area contributed by atoms with Crippen molar-refractivity contribution in [2.45, 2.75) is 31.5 Å². The van der Waals surface area contributed by atoms with E-state index in [9.17, 15) is 14.4 Å². The van der Waals surface area contributed by atoms with Gasteiger partial charge in [0.2, 0.25) is 0 Å². The van der Waals surface area contributed by atoms with E-state index in [0.29, 0.717) is 12.1 Å².